The Morgan fingerprint density at radius 1 is 1.29 bits per heavy atom. The molecule has 1 aromatic carbocycles. The molecule has 1 atom stereocenters. The smallest absolute Gasteiger partial charge is 0.411 e. The highest BCUT2D eigenvalue weighted by Gasteiger charge is 2.10. The van der Waals surface area contributed by atoms with Crippen LogP contribution in [0.3, 0.4) is 0 Å². The van der Waals surface area contributed by atoms with Crippen molar-refractivity contribution >= 4 is 17.5 Å². The Hall–Kier alpha value is -1.71. The van der Waals surface area contributed by atoms with Crippen LogP contribution in [0.15, 0.2) is 24.3 Å². The van der Waals surface area contributed by atoms with Crippen molar-refractivity contribution in [2.45, 2.75) is 33.3 Å². The van der Waals surface area contributed by atoms with Gasteiger partial charge in [0.25, 0.3) is 0 Å². The van der Waals surface area contributed by atoms with Crippen LogP contribution < -0.4 is 11.1 Å². The monoisotopic (exact) mass is 236 g/mol. The van der Waals surface area contributed by atoms with Crippen LogP contribution >= 0.6 is 0 Å². The molecule has 1 amide bonds. The molecule has 0 fully saturated rings. The molecule has 0 saturated carbocycles. The predicted molar refractivity (Wildman–Crippen MR) is 69.9 cm³/mol. The predicted octanol–water partition coefficient (Wildman–Crippen LogP) is 3.25. The van der Waals surface area contributed by atoms with Gasteiger partial charge in [0, 0.05) is 11.4 Å². The highest BCUT2D eigenvalue weighted by molar-refractivity contribution is 5.84. The van der Waals surface area contributed by atoms with Gasteiger partial charge in [0.15, 0.2) is 0 Å². The van der Waals surface area contributed by atoms with Gasteiger partial charge < -0.3 is 10.5 Å². The average molecular weight is 236 g/mol. The van der Waals surface area contributed by atoms with Gasteiger partial charge in [0.05, 0.1) is 0 Å². The van der Waals surface area contributed by atoms with Crippen LogP contribution in [0.25, 0.3) is 0 Å². The van der Waals surface area contributed by atoms with Crippen LogP contribution in [-0.4, -0.2) is 12.2 Å². The summed E-state index contributed by atoms with van der Waals surface area (Å²) in [6, 6.07) is 6.94. The van der Waals surface area contributed by atoms with E-state index in [-0.39, 0.29) is 6.10 Å². The summed E-state index contributed by atoms with van der Waals surface area (Å²) in [6.07, 6.45) is 0.349. The maximum atomic E-state index is 11.5. The first kappa shape index (κ1) is 13.4. The highest BCUT2D eigenvalue weighted by atomic mass is 16.6. The second kappa shape index (κ2) is 6.13. The molecule has 17 heavy (non-hydrogen) atoms. The highest BCUT2D eigenvalue weighted by Crippen LogP contribution is 2.12. The summed E-state index contributed by atoms with van der Waals surface area (Å²) < 4.78 is 5.21. The zero-order chi connectivity index (χ0) is 12.8. The molecule has 0 radical (unpaired) electrons. The summed E-state index contributed by atoms with van der Waals surface area (Å²) >= 11 is 0. The number of benzene rings is 1. The van der Waals surface area contributed by atoms with Crippen LogP contribution in [0.4, 0.5) is 16.2 Å². The third kappa shape index (κ3) is 5.24. The molecule has 0 aliphatic heterocycles. The molecule has 1 aromatic rings. The molecule has 0 heterocycles. The number of amides is 1. The van der Waals surface area contributed by atoms with Crippen molar-refractivity contribution in [2.75, 3.05) is 11.1 Å². The van der Waals surface area contributed by atoms with Gasteiger partial charge in [-0.25, -0.2) is 4.79 Å². The lowest BCUT2D eigenvalue weighted by Crippen LogP contribution is -2.21. The lowest BCUT2D eigenvalue weighted by molar-refractivity contribution is 0.108. The van der Waals surface area contributed by atoms with Gasteiger partial charge >= 0.3 is 6.09 Å². The van der Waals surface area contributed by atoms with Gasteiger partial charge in [-0.1, -0.05) is 13.8 Å². The average Bonchev–Trinajstić information content (AvgIpc) is 2.19. The van der Waals surface area contributed by atoms with E-state index < -0.39 is 6.09 Å². The lowest BCUT2D eigenvalue weighted by Gasteiger charge is -2.15. The van der Waals surface area contributed by atoms with Gasteiger partial charge in [-0.2, -0.15) is 0 Å². The molecule has 4 nitrogen and oxygen atoms in total. The van der Waals surface area contributed by atoms with Crippen molar-refractivity contribution in [2.24, 2.45) is 5.92 Å². The van der Waals surface area contributed by atoms with Gasteiger partial charge in [-0.15, -0.1) is 0 Å². The summed E-state index contributed by atoms with van der Waals surface area (Å²) in [6.45, 7) is 6.08. The van der Waals surface area contributed by atoms with Gasteiger partial charge in [0.1, 0.15) is 6.10 Å². The topological polar surface area (TPSA) is 64.3 Å². The summed E-state index contributed by atoms with van der Waals surface area (Å²) in [4.78, 5) is 11.5. The Kier molecular flexibility index (Phi) is 4.82. The van der Waals surface area contributed by atoms with E-state index in [4.69, 9.17) is 10.5 Å². The van der Waals surface area contributed by atoms with E-state index in [1.165, 1.54) is 0 Å². The molecule has 3 N–H and O–H groups in total. The standard InChI is InChI=1S/C13H20N2O2/c1-9(2)8-10(3)17-13(16)15-12-6-4-11(14)5-7-12/h4-7,9-10H,8,14H2,1-3H3,(H,15,16). The van der Waals surface area contributed by atoms with E-state index in [1.54, 1.807) is 24.3 Å². The van der Waals surface area contributed by atoms with Crippen molar-refractivity contribution in [1.29, 1.82) is 0 Å². The van der Waals surface area contributed by atoms with E-state index in [0.717, 1.165) is 6.42 Å². The summed E-state index contributed by atoms with van der Waals surface area (Å²) in [7, 11) is 0. The molecular formula is C13H20N2O2. The van der Waals surface area contributed by atoms with Crippen LogP contribution in [0.5, 0.6) is 0 Å². The number of hydrogen-bond acceptors (Lipinski definition) is 3. The molecule has 1 unspecified atom stereocenters. The fourth-order valence-electron chi connectivity index (χ4n) is 1.61. The Morgan fingerprint density at radius 2 is 1.88 bits per heavy atom. The van der Waals surface area contributed by atoms with E-state index in [0.29, 0.717) is 17.3 Å². The molecule has 0 aromatic heterocycles. The fraction of sp³-hybridized carbons (Fsp3) is 0.462. The van der Waals surface area contributed by atoms with E-state index in [9.17, 15) is 4.79 Å². The quantitative estimate of drug-likeness (QED) is 0.789. The third-order valence-electron chi connectivity index (χ3n) is 2.27. The fourth-order valence-corrected chi connectivity index (χ4v) is 1.61. The molecule has 0 spiro atoms. The summed E-state index contributed by atoms with van der Waals surface area (Å²) in [5.74, 6) is 0.509. The largest absolute Gasteiger partial charge is 0.446 e. The number of ether oxygens (including phenoxy) is 1. The number of rotatable bonds is 4. The van der Waals surface area contributed by atoms with Crippen LogP contribution in [0, 0.1) is 5.92 Å². The third-order valence-corrected chi connectivity index (χ3v) is 2.27. The van der Waals surface area contributed by atoms with E-state index in [1.807, 2.05) is 6.92 Å². The van der Waals surface area contributed by atoms with Crippen molar-refractivity contribution in [3.63, 3.8) is 0 Å². The summed E-state index contributed by atoms with van der Waals surface area (Å²) in [5.41, 5.74) is 6.89. The Balaban J connectivity index is 2.41. The Labute approximate surface area is 102 Å². The van der Waals surface area contributed by atoms with Crippen molar-refractivity contribution < 1.29 is 9.53 Å². The number of anilines is 2. The first-order valence-corrected chi connectivity index (χ1v) is 5.80. The number of carbonyl (C=O) groups is 1. The number of nitrogen functional groups attached to an aromatic ring is 1. The number of nitrogens with two attached hydrogens (primary N) is 1. The van der Waals surface area contributed by atoms with Gasteiger partial charge in [0.2, 0.25) is 0 Å². The molecular weight excluding hydrogens is 216 g/mol. The first-order chi connectivity index (χ1) is 7.97. The molecule has 4 heteroatoms. The minimum Gasteiger partial charge on any atom is -0.446 e. The first-order valence-electron chi connectivity index (χ1n) is 5.80. The minimum absolute atomic E-state index is 0.0798. The van der Waals surface area contributed by atoms with E-state index in [2.05, 4.69) is 19.2 Å². The van der Waals surface area contributed by atoms with E-state index >= 15 is 0 Å². The van der Waals surface area contributed by atoms with Crippen molar-refractivity contribution in [3.8, 4) is 0 Å². The van der Waals surface area contributed by atoms with Crippen molar-refractivity contribution in [1.82, 2.24) is 0 Å². The Bertz CT molecular complexity index is 360. The van der Waals surface area contributed by atoms with Crippen LogP contribution in [0.1, 0.15) is 27.2 Å². The summed E-state index contributed by atoms with van der Waals surface area (Å²) in [5, 5.41) is 2.66. The second-order valence-electron chi connectivity index (χ2n) is 4.59. The normalized spacial score (nSPS) is 12.2. The number of hydrogen-bond donors (Lipinski definition) is 2. The number of nitrogens with one attached hydrogen (secondary N) is 1. The molecule has 94 valence electrons. The van der Waals surface area contributed by atoms with Crippen LogP contribution in [0.2, 0.25) is 0 Å². The van der Waals surface area contributed by atoms with Crippen molar-refractivity contribution in [3.05, 3.63) is 24.3 Å². The minimum atomic E-state index is -0.428. The molecule has 0 aliphatic carbocycles. The van der Waals surface area contributed by atoms with Crippen LogP contribution in [-0.2, 0) is 4.74 Å². The molecule has 0 aliphatic rings. The molecule has 0 bridgehead atoms. The lowest BCUT2D eigenvalue weighted by atomic mass is 10.1. The molecule has 0 saturated heterocycles. The van der Waals surface area contributed by atoms with Gasteiger partial charge in [-0.3, -0.25) is 5.32 Å². The SMILES string of the molecule is CC(C)CC(C)OC(=O)Nc1ccc(N)cc1. The van der Waals surface area contributed by atoms with Gasteiger partial charge in [-0.05, 0) is 43.5 Å². The maximum Gasteiger partial charge on any atom is 0.411 e. The number of carbonyl (C=O) groups excluding carboxylic acids is 1. The zero-order valence-corrected chi connectivity index (χ0v) is 10.6. The Morgan fingerprint density at radius 3 is 2.41 bits per heavy atom. The zero-order valence-electron chi connectivity index (χ0n) is 10.6. The maximum absolute atomic E-state index is 11.5. The second-order valence-corrected chi connectivity index (χ2v) is 4.59. The molecule has 1 rings (SSSR count).